The molecule has 6 heteroatoms. The lowest BCUT2D eigenvalue weighted by molar-refractivity contribution is -0.140. The van der Waals surface area contributed by atoms with Crippen LogP contribution >= 0.6 is 0 Å². The molecule has 1 amide bonds. The minimum Gasteiger partial charge on any atom is -0.507 e. The molecule has 6 nitrogen and oxygen atoms in total. The molecule has 0 radical (unpaired) electrons. The van der Waals surface area contributed by atoms with Gasteiger partial charge in [0.05, 0.1) is 26.2 Å². The maximum Gasteiger partial charge on any atom is 0.307 e. The van der Waals surface area contributed by atoms with Crippen molar-refractivity contribution in [3.05, 3.63) is 23.8 Å². The molecule has 0 saturated heterocycles. The highest BCUT2D eigenvalue weighted by molar-refractivity contribution is 5.97. The van der Waals surface area contributed by atoms with Crippen molar-refractivity contribution in [1.82, 2.24) is 4.90 Å². The fourth-order valence-electron chi connectivity index (χ4n) is 1.72. The molecule has 0 atom stereocenters. The number of hydrogen-bond donors (Lipinski definition) is 1. The number of aromatic hydroxyl groups is 1. The summed E-state index contributed by atoms with van der Waals surface area (Å²) in [7, 11) is 2.78. The SMILES string of the molecule is CCN(CCC(=O)OC)C(=O)c1ccc(OC)cc1O. The van der Waals surface area contributed by atoms with E-state index in [4.69, 9.17) is 4.74 Å². The first-order valence-electron chi connectivity index (χ1n) is 6.26. The number of carbonyl (C=O) groups excluding carboxylic acids is 2. The molecule has 0 bridgehead atoms. The van der Waals surface area contributed by atoms with Crippen molar-refractivity contribution in [1.29, 1.82) is 0 Å². The number of ether oxygens (including phenoxy) is 2. The Morgan fingerprint density at radius 1 is 1.30 bits per heavy atom. The van der Waals surface area contributed by atoms with Crippen molar-refractivity contribution < 1.29 is 24.2 Å². The summed E-state index contributed by atoms with van der Waals surface area (Å²) in [5.41, 5.74) is 0.178. The van der Waals surface area contributed by atoms with Gasteiger partial charge in [0.2, 0.25) is 0 Å². The van der Waals surface area contributed by atoms with E-state index in [-0.39, 0.29) is 36.2 Å². The average Bonchev–Trinajstić information content (AvgIpc) is 2.46. The van der Waals surface area contributed by atoms with E-state index in [2.05, 4.69) is 4.74 Å². The summed E-state index contributed by atoms with van der Waals surface area (Å²) in [4.78, 5) is 24.9. The minimum atomic E-state index is -0.379. The molecule has 0 unspecified atom stereocenters. The van der Waals surface area contributed by atoms with E-state index < -0.39 is 0 Å². The second-order valence-corrected chi connectivity index (χ2v) is 4.09. The molecular weight excluding hydrogens is 262 g/mol. The van der Waals surface area contributed by atoms with E-state index in [1.807, 2.05) is 0 Å². The van der Waals surface area contributed by atoms with Crippen molar-refractivity contribution in [2.75, 3.05) is 27.3 Å². The second-order valence-electron chi connectivity index (χ2n) is 4.09. The van der Waals surface area contributed by atoms with E-state index in [0.717, 1.165) is 0 Å². The highest BCUT2D eigenvalue weighted by Gasteiger charge is 2.19. The van der Waals surface area contributed by atoms with Gasteiger partial charge in [0, 0.05) is 19.2 Å². The van der Waals surface area contributed by atoms with Crippen LogP contribution in [0.15, 0.2) is 18.2 Å². The van der Waals surface area contributed by atoms with Crippen LogP contribution in [0, 0.1) is 0 Å². The van der Waals surface area contributed by atoms with Gasteiger partial charge in [-0.05, 0) is 19.1 Å². The molecule has 110 valence electrons. The van der Waals surface area contributed by atoms with Gasteiger partial charge in [-0.2, -0.15) is 0 Å². The second kappa shape index (κ2) is 7.37. The molecule has 20 heavy (non-hydrogen) atoms. The van der Waals surface area contributed by atoms with Gasteiger partial charge in [-0.15, -0.1) is 0 Å². The number of methoxy groups -OCH3 is 2. The summed E-state index contributed by atoms with van der Waals surface area (Å²) in [6.45, 7) is 2.48. The summed E-state index contributed by atoms with van der Waals surface area (Å²) in [5.74, 6) is -0.394. The highest BCUT2D eigenvalue weighted by atomic mass is 16.5. The van der Waals surface area contributed by atoms with Gasteiger partial charge in [0.1, 0.15) is 11.5 Å². The topological polar surface area (TPSA) is 76.1 Å². The van der Waals surface area contributed by atoms with Crippen LogP contribution in [0.3, 0.4) is 0 Å². The summed E-state index contributed by atoms with van der Waals surface area (Å²) in [6.07, 6.45) is 0.118. The zero-order valence-corrected chi connectivity index (χ0v) is 11.9. The minimum absolute atomic E-state index is 0.118. The molecule has 1 rings (SSSR count). The lowest BCUT2D eigenvalue weighted by atomic mass is 10.1. The Hall–Kier alpha value is -2.24. The van der Waals surface area contributed by atoms with Gasteiger partial charge in [-0.25, -0.2) is 0 Å². The molecule has 0 spiro atoms. The predicted octanol–water partition coefficient (Wildman–Crippen LogP) is 1.43. The van der Waals surface area contributed by atoms with Crippen LogP contribution in [0.4, 0.5) is 0 Å². The predicted molar refractivity (Wildman–Crippen MR) is 72.9 cm³/mol. The molecule has 0 aliphatic carbocycles. The van der Waals surface area contributed by atoms with Crippen molar-refractivity contribution in [2.45, 2.75) is 13.3 Å². The van der Waals surface area contributed by atoms with Gasteiger partial charge in [-0.3, -0.25) is 9.59 Å². The average molecular weight is 281 g/mol. The van der Waals surface area contributed by atoms with E-state index >= 15 is 0 Å². The smallest absolute Gasteiger partial charge is 0.307 e. The molecule has 1 aromatic rings. The zero-order valence-electron chi connectivity index (χ0n) is 11.9. The number of benzene rings is 1. The number of phenols is 1. The summed E-state index contributed by atoms with van der Waals surface area (Å²) in [6, 6.07) is 4.47. The zero-order chi connectivity index (χ0) is 15.1. The van der Waals surface area contributed by atoms with Crippen LogP contribution in [0.5, 0.6) is 11.5 Å². The third kappa shape index (κ3) is 3.88. The number of esters is 1. The Kier molecular flexibility index (Phi) is 5.83. The number of amides is 1. The molecule has 0 saturated carbocycles. The van der Waals surface area contributed by atoms with Gasteiger partial charge >= 0.3 is 5.97 Å². The van der Waals surface area contributed by atoms with Crippen LogP contribution < -0.4 is 4.74 Å². The first-order chi connectivity index (χ1) is 9.53. The molecule has 0 heterocycles. The van der Waals surface area contributed by atoms with Crippen LogP contribution in [0.1, 0.15) is 23.7 Å². The number of phenolic OH excluding ortho intramolecular Hbond substituents is 1. The number of carbonyl (C=O) groups is 2. The fraction of sp³-hybridized carbons (Fsp3) is 0.429. The van der Waals surface area contributed by atoms with E-state index in [0.29, 0.717) is 12.3 Å². The fourth-order valence-corrected chi connectivity index (χ4v) is 1.72. The molecule has 0 aliphatic rings. The van der Waals surface area contributed by atoms with Crippen molar-refractivity contribution in [3.8, 4) is 11.5 Å². The summed E-state index contributed by atoms with van der Waals surface area (Å²) in [5, 5.41) is 9.84. The maximum atomic E-state index is 12.3. The van der Waals surface area contributed by atoms with Crippen molar-refractivity contribution in [2.24, 2.45) is 0 Å². The monoisotopic (exact) mass is 281 g/mol. The highest BCUT2D eigenvalue weighted by Crippen LogP contribution is 2.24. The van der Waals surface area contributed by atoms with Crippen molar-refractivity contribution >= 4 is 11.9 Å². The van der Waals surface area contributed by atoms with Gasteiger partial charge < -0.3 is 19.5 Å². The van der Waals surface area contributed by atoms with Crippen LogP contribution in [0.2, 0.25) is 0 Å². The lowest BCUT2D eigenvalue weighted by Gasteiger charge is -2.21. The molecular formula is C14H19NO5. The molecule has 1 aromatic carbocycles. The standard InChI is InChI=1S/C14H19NO5/c1-4-15(8-7-13(17)20-3)14(18)11-6-5-10(19-2)9-12(11)16/h5-6,9,16H,4,7-8H2,1-3H3. The van der Waals surface area contributed by atoms with Crippen molar-refractivity contribution in [3.63, 3.8) is 0 Å². The number of nitrogens with zero attached hydrogens (tertiary/aromatic N) is 1. The molecule has 0 aliphatic heterocycles. The van der Waals surface area contributed by atoms with Gasteiger partial charge in [0.25, 0.3) is 5.91 Å². The van der Waals surface area contributed by atoms with Gasteiger partial charge in [-0.1, -0.05) is 0 Å². The Bertz CT molecular complexity index is 486. The Morgan fingerprint density at radius 3 is 2.50 bits per heavy atom. The summed E-state index contributed by atoms with van der Waals surface area (Å²) >= 11 is 0. The number of rotatable bonds is 6. The third-order valence-corrected chi connectivity index (χ3v) is 2.92. The largest absolute Gasteiger partial charge is 0.507 e. The molecule has 0 aromatic heterocycles. The first-order valence-corrected chi connectivity index (χ1v) is 6.26. The number of hydrogen-bond acceptors (Lipinski definition) is 5. The van der Waals surface area contributed by atoms with Crippen LogP contribution in [0.25, 0.3) is 0 Å². The van der Waals surface area contributed by atoms with E-state index in [9.17, 15) is 14.7 Å². The Labute approximate surface area is 117 Å². The maximum absolute atomic E-state index is 12.3. The third-order valence-electron chi connectivity index (χ3n) is 2.92. The molecule has 0 fully saturated rings. The summed E-state index contributed by atoms with van der Waals surface area (Å²) < 4.78 is 9.51. The Morgan fingerprint density at radius 2 is 2.00 bits per heavy atom. The van der Waals surface area contributed by atoms with E-state index in [1.54, 1.807) is 13.0 Å². The quantitative estimate of drug-likeness (QED) is 0.798. The van der Waals surface area contributed by atoms with Crippen LogP contribution in [-0.2, 0) is 9.53 Å². The Balaban J connectivity index is 2.83. The van der Waals surface area contributed by atoms with Crippen LogP contribution in [-0.4, -0.2) is 49.2 Å². The lowest BCUT2D eigenvalue weighted by Crippen LogP contribution is -2.33. The first kappa shape index (κ1) is 15.8. The molecule has 1 N–H and O–H groups in total. The van der Waals surface area contributed by atoms with E-state index in [1.165, 1.54) is 31.3 Å². The van der Waals surface area contributed by atoms with Gasteiger partial charge in [0.15, 0.2) is 0 Å². The normalized spacial score (nSPS) is 9.95.